The maximum atomic E-state index is 13.7. The summed E-state index contributed by atoms with van der Waals surface area (Å²) < 4.78 is 26.0. The minimum absolute atomic E-state index is 0.0714. The van der Waals surface area contributed by atoms with Crippen molar-refractivity contribution in [2.75, 3.05) is 19.3 Å². The third-order valence-corrected chi connectivity index (χ3v) is 9.36. The van der Waals surface area contributed by atoms with E-state index in [0.717, 1.165) is 24.8 Å². The summed E-state index contributed by atoms with van der Waals surface area (Å²) in [7, 11) is -3.43. The molecule has 1 amide bonds. The Morgan fingerprint density at radius 3 is 2.59 bits per heavy atom. The number of carbonyl (C=O) groups is 1. The maximum Gasteiger partial charge on any atom is 0.241 e. The Labute approximate surface area is 173 Å². The topological polar surface area (TPSA) is 77.9 Å². The van der Waals surface area contributed by atoms with Gasteiger partial charge < -0.3 is 10.0 Å². The molecule has 2 aliphatic heterocycles. The first-order valence-electron chi connectivity index (χ1n) is 10.6. The molecule has 2 fully saturated rings. The number of phenolic OH excluding ortho intramolecular Hbond substituents is 1. The fourth-order valence-corrected chi connectivity index (χ4v) is 7.05. The Kier molecular flexibility index (Phi) is 4.78. The minimum atomic E-state index is -3.43. The van der Waals surface area contributed by atoms with Gasteiger partial charge in [0.2, 0.25) is 15.9 Å². The zero-order valence-electron chi connectivity index (χ0n) is 17.8. The number of piperidine rings is 2. The number of carbonyl (C=O) groups excluding carboxylic acids is 1. The molecule has 0 spiro atoms. The molecular weight excluding hydrogens is 388 g/mol. The van der Waals surface area contributed by atoms with Gasteiger partial charge in [0.25, 0.3) is 0 Å². The van der Waals surface area contributed by atoms with Crippen LogP contribution in [-0.4, -0.2) is 60.1 Å². The number of benzene rings is 1. The molecule has 1 aromatic rings. The number of hydrogen-bond donors (Lipinski definition) is 1. The van der Waals surface area contributed by atoms with Crippen LogP contribution in [0.15, 0.2) is 18.2 Å². The second-order valence-electron chi connectivity index (χ2n) is 9.74. The van der Waals surface area contributed by atoms with E-state index in [0.29, 0.717) is 31.7 Å². The van der Waals surface area contributed by atoms with E-state index >= 15 is 0 Å². The number of likely N-dealkylation sites (tertiary alicyclic amines) is 1. The van der Waals surface area contributed by atoms with Crippen molar-refractivity contribution in [3.8, 4) is 5.75 Å². The Balaban J connectivity index is 1.73. The van der Waals surface area contributed by atoms with E-state index in [1.807, 2.05) is 11.0 Å². The molecule has 29 heavy (non-hydrogen) atoms. The number of sulfonamides is 1. The molecule has 0 aromatic heterocycles. The van der Waals surface area contributed by atoms with E-state index in [1.165, 1.54) is 16.1 Å². The van der Waals surface area contributed by atoms with Crippen LogP contribution in [0.2, 0.25) is 0 Å². The first-order valence-corrected chi connectivity index (χ1v) is 12.4. The van der Waals surface area contributed by atoms with Crippen LogP contribution >= 0.6 is 0 Å². The summed E-state index contributed by atoms with van der Waals surface area (Å²) >= 11 is 0. The third-order valence-electron chi connectivity index (χ3n) is 8.08. The molecule has 2 bridgehead atoms. The third kappa shape index (κ3) is 3.00. The van der Waals surface area contributed by atoms with Gasteiger partial charge in [-0.25, -0.2) is 8.42 Å². The molecule has 3 aliphatic rings. The number of hydrogen-bond acceptors (Lipinski definition) is 4. The zero-order valence-corrected chi connectivity index (χ0v) is 18.6. The highest BCUT2D eigenvalue weighted by Crippen LogP contribution is 2.57. The van der Waals surface area contributed by atoms with E-state index < -0.39 is 16.1 Å². The van der Waals surface area contributed by atoms with Crippen LogP contribution in [0, 0.1) is 5.41 Å². The quantitative estimate of drug-likeness (QED) is 0.798. The van der Waals surface area contributed by atoms with E-state index in [4.69, 9.17) is 0 Å². The smallest absolute Gasteiger partial charge is 0.241 e. The first-order chi connectivity index (χ1) is 13.5. The monoisotopic (exact) mass is 420 g/mol. The molecule has 2 heterocycles. The van der Waals surface area contributed by atoms with Crippen molar-refractivity contribution >= 4 is 15.9 Å². The maximum absolute atomic E-state index is 13.7. The number of nitrogens with zero attached hydrogens (tertiary/aromatic N) is 2. The van der Waals surface area contributed by atoms with Crippen molar-refractivity contribution in [3.63, 3.8) is 0 Å². The van der Waals surface area contributed by atoms with Gasteiger partial charge in [-0.3, -0.25) is 4.79 Å². The molecule has 1 unspecified atom stereocenters. The standard InChI is InChI=1S/C22H32N2O4S/c1-21(2)19-14-15-16(8-7-10-18(15)25)22(21,3)11-13-23(19)20(26)17-9-5-6-12-24(17)29(4,27)28/h7-8,10,17,19,25H,5-6,9,11-14H2,1-4H3/t17?,19-,22-/m0/s1. The van der Waals surface area contributed by atoms with Crippen LogP contribution < -0.4 is 0 Å². The van der Waals surface area contributed by atoms with Crippen LogP contribution in [0.3, 0.4) is 0 Å². The van der Waals surface area contributed by atoms with Crippen molar-refractivity contribution in [1.82, 2.24) is 9.21 Å². The molecule has 6 nitrogen and oxygen atoms in total. The van der Waals surface area contributed by atoms with Crippen molar-refractivity contribution < 1.29 is 18.3 Å². The van der Waals surface area contributed by atoms with E-state index in [-0.39, 0.29) is 22.8 Å². The predicted octanol–water partition coefficient (Wildman–Crippen LogP) is 2.65. The molecule has 3 atom stereocenters. The van der Waals surface area contributed by atoms with Crippen molar-refractivity contribution in [2.24, 2.45) is 5.41 Å². The summed E-state index contributed by atoms with van der Waals surface area (Å²) in [5, 5.41) is 10.5. The summed E-state index contributed by atoms with van der Waals surface area (Å²) in [6.45, 7) is 7.69. The average Bonchev–Trinajstić information content (AvgIpc) is 2.64. The van der Waals surface area contributed by atoms with Gasteiger partial charge in [0.05, 0.1) is 6.26 Å². The molecule has 0 radical (unpaired) electrons. The predicted molar refractivity (Wildman–Crippen MR) is 112 cm³/mol. The minimum Gasteiger partial charge on any atom is -0.508 e. The van der Waals surface area contributed by atoms with E-state index in [9.17, 15) is 18.3 Å². The number of aromatic hydroxyl groups is 1. The van der Waals surface area contributed by atoms with Crippen LogP contribution in [0.1, 0.15) is 57.6 Å². The first kappa shape index (κ1) is 20.7. The van der Waals surface area contributed by atoms with Gasteiger partial charge in [0.1, 0.15) is 11.8 Å². The lowest BCUT2D eigenvalue weighted by atomic mass is 9.51. The Hall–Kier alpha value is -1.60. The molecule has 1 aliphatic carbocycles. The number of rotatable bonds is 2. The van der Waals surface area contributed by atoms with E-state index in [2.05, 4.69) is 26.8 Å². The lowest BCUT2D eigenvalue weighted by Gasteiger charge is -2.61. The molecule has 2 saturated heterocycles. The Morgan fingerprint density at radius 2 is 1.90 bits per heavy atom. The second-order valence-corrected chi connectivity index (χ2v) is 11.7. The largest absolute Gasteiger partial charge is 0.508 e. The summed E-state index contributed by atoms with van der Waals surface area (Å²) in [6, 6.07) is 5.05. The van der Waals surface area contributed by atoms with Crippen LogP contribution in [0.4, 0.5) is 0 Å². The normalized spacial score (nSPS) is 31.9. The van der Waals surface area contributed by atoms with Gasteiger partial charge in [-0.1, -0.05) is 39.3 Å². The van der Waals surface area contributed by atoms with Crippen LogP contribution in [0.5, 0.6) is 5.75 Å². The lowest BCUT2D eigenvalue weighted by molar-refractivity contribution is -0.148. The van der Waals surface area contributed by atoms with Crippen LogP contribution in [0.25, 0.3) is 0 Å². The summed E-state index contributed by atoms with van der Waals surface area (Å²) in [5.74, 6) is 0.216. The van der Waals surface area contributed by atoms with Crippen molar-refractivity contribution in [3.05, 3.63) is 29.3 Å². The number of amides is 1. The molecule has 160 valence electrons. The Morgan fingerprint density at radius 1 is 1.17 bits per heavy atom. The molecule has 0 saturated carbocycles. The molecular formula is C22H32N2O4S. The SMILES string of the molecule is CC1(C)[C@@H]2Cc3c(O)cccc3[C@]1(C)CCN2C(=O)C1CCCCN1S(C)(=O)=O. The number of fused-ring (bicyclic) bond motifs is 4. The van der Waals surface area contributed by atoms with Gasteiger partial charge in [-0.15, -0.1) is 0 Å². The average molecular weight is 421 g/mol. The van der Waals surface area contributed by atoms with Crippen LogP contribution in [-0.2, 0) is 26.7 Å². The Bertz CT molecular complexity index is 942. The fourth-order valence-electron chi connectivity index (χ4n) is 5.93. The molecule has 1 aromatic carbocycles. The van der Waals surface area contributed by atoms with Crippen molar-refractivity contribution in [2.45, 2.75) is 70.4 Å². The summed E-state index contributed by atoms with van der Waals surface area (Å²) in [5.41, 5.74) is 1.78. The number of phenols is 1. The zero-order chi connectivity index (χ0) is 21.2. The second kappa shape index (κ2) is 6.71. The van der Waals surface area contributed by atoms with Crippen molar-refractivity contribution in [1.29, 1.82) is 0 Å². The highest BCUT2D eigenvalue weighted by Gasteiger charge is 2.58. The van der Waals surface area contributed by atoms with E-state index in [1.54, 1.807) is 6.07 Å². The highest BCUT2D eigenvalue weighted by molar-refractivity contribution is 7.88. The van der Waals surface area contributed by atoms with Gasteiger partial charge in [0.15, 0.2) is 0 Å². The van der Waals surface area contributed by atoms with Gasteiger partial charge in [-0.05, 0) is 48.3 Å². The summed E-state index contributed by atoms with van der Waals surface area (Å²) in [4.78, 5) is 15.6. The highest BCUT2D eigenvalue weighted by atomic mass is 32.2. The van der Waals surface area contributed by atoms with Gasteiger partial charge in [0, 0.05) is 24.5 Å². The van der Waals surface area contributed by atoms with Gasteiger partial charge in [-0.2, -0.15) is 4.31 Å². The van der Waals surface area contributed by atoms with Gasteiger partial charge >= 0.3 is 0 Å². The fraction of sp³-hybridized carbons (Fsp3) is 0.682. The summed E-state index contributed by atoms with van der Waals surface area (Å²) in [6.07, 6.45) is 4.84. The lowest BCUT2D eigenvalue weighted by Crippen LogP contribution is -2.67. The molecule has 1 N–H and O–H groups in total. The molecule has 7 heteroatoms. The molecule has 4 rings (SSSR count).